The third-order valence-corrected chi connectivity index (χ3v) is 5.44. The SMILES string of the molecule is O=C1[C@H]2SCC(=O)N(c3ccccc3)[C@H]2C(=O)N1c1ccccc1. The van der Waals surface area contributed by atoms with Crippen molar-refractivity contribution in [3.8, 4) is 0 Å². The molecule has 0 N–H and O–H groups in total. The predicted molar refractivity (Wildman–Crippen MR) is 92.9 cm³/mol. The van der Waals surface area contributed by atoms with Gasteiger partial charge in [-0.2, -0.15) is 0 Å². The Bertz CT molecular complexity index is 810. The minimum Gasteiger partial charge on any atom is -0.297 e. The van der Waals surface area contributed by atoms with Crippen LogP contribution in [0.15, 0.2) is 60.7 Å². The van der Waals surface area contributed by atoms with Gasteiger partial charge in [0, 0.05) is 5.69 Å². The molecule has 2 fully saturated rings. The predicted octanol–water partition coefficient (Wildman–Crippen LogP) is 2.08. The zero-order valence-corrected chi connectivity index (χ0v) is 13.5. The first-order valence-electron chi connectivity index (χ1n) is 7.60. The van der Waals surface area contributed by atoms with E-state index in [1.807, 2.05) is 24.3 Å². The summed E-state index contributed by atoms with van der Waals surface area (Å²) in [6.07, 6.45) is 0. The summed E-state index contributed by atoms with van der Waals surface area (Å²) in [4.78, 5) is 40.9. The number of carbonyl (C=O) groups is 3. The quantitative estimate of drug-likeness (QED) is 0.787. The number of rotatable bonds is 2. The maximum Gasteiger partial charge on any atom is 0.258 e. The van der Waals surface area contributed by atoms with Gasteiger partial charge in [0.2, 0.25) is 11.8 Å². The average molecular weight is 338 g/mol. The monoisotopic (exact) mass is 338 g/mol. The number of nitrogens with zero attached hydrogens (tertiary/aromatic N) is 2. The number of imide groups is 1. The third-order valence-electron chi connectivity index (χ3n) is 4.21. The average Bonchev–Trinajstić information content (AvgIpc) is 2.87. The molecule has 5 nitrogen and oxygen atoms in total. The molecule has 0 aliphatic carbocycles. The Hall–Kier alpha value is -2.60. The minimum absolute atomic E-state index is 0.150. The normalized spacial score (nSPS) is 23.6. The Kier molecular flexibility index (Phi) is 3.61. The summed E-state index contributed by atoms with van der Waals surface area (Å²) in [5, 5.41) is -0.560. The van der Waals surface area contributed by atoms with Gasteiger partial charge in [0.1, 0.15) is 11.3 Å². The number of hydrogen-bond acceptors (Lipinski definition) is 4. The summed E-state index contributed by atoms with van der Waals surface area (Å²) < 4.78 is 0. The molecule has 0 bridgehead atoms. The van der Waals surface area contributed by atoms with Gasteiger partial charge in [-0.1, -0.05) is 36.4 Å². The van der Waals surface area contributed by atoms with Crippen LogP contribution in [0.2, 0.25) is 0 Å². The Morgan fingerprint density at radius 2 is 1.38 bits per heavy atom. The molecule has 6 heteroatoms. The van der Waals surface area contributed by atoms with Crippen LogP contribution >= 0.6 is 11.8 Å². The first-order valence-corrected chi connectivity index (χ1v) is 8.65. The van der Waals surface area contributed by atoms with E-state index in [0.717, 1.165) is 0 Å². The van der Waals surface area contributed by atoms with Gasteiger partial charge < -0.3 is 0 Å². The van der Waals surface area contributed by atoms with Crippen molar-refractivity contribution >= 4 is 40.9 Å². The lowest BCUT2D eigenvalue weighted by Crippen LogP contribution is -2.53. The minimum atomic E-state index is -0.786. The zero-order chi connectivity index (χ0) is 16.7. The van der Waals surface area contributed by atoms with Crippen LogP contribution in [0, 0.1) is 0 Å². The second-order valence-electron chi connectivity index (χ2n) is 5.62. The van der Waals surface area contributed by atoms with Gasteiger partial charge in [-0.05, 0) is 24.3 Å². The maximum absolute atomic E-state index is 13.0. The van der Waals surface area contributed by atoms with E-state index in [4.69, 9.17) is 0 Å². The van der Waals surface area contributed by atoms with Crippen LogP contribution in [0.1, 0.15) is 0 Å². The number of benzene rings is 2. The standard InChI is InChI=1S/C18H14N2O3S/c21-14-11-24-16-15(19(14)12-7-3-1-4-8-12)17(22)20(18(16)23)13-9-5-2-6-10-13/h1-10,15-16H,11H2/t15-,16+/m1/s1. The van der Waals surface area contributed by atoms with E-state index in [1.54, 1.807) is 36.4 Å². The smallest absolute Gasteiger partial charge is 0.258 e. The Balaban J connectivity index is 1.77. The van der Waals surface area contributed by atoms with Gasteiger partial charge >= 0.3 is 0 Å². The third kappa shape index (κ3) is 2.22. The number of para-hydroxylation sites is 2. The van der Waals surface area contributed by atoms with E-state index in [9.17, 15) is 14.4 Å². The van der Waals surface area contributed by atoms with Gasteiger partial charge in [-0.25, -0.2) is 4.90 Å². The molecule has 120 valence electrons. The Morgan fingerprint density at radius 3 is 2.00 bits per heavy atom. The van der Waals surface area contributed by atoms with E-state index in [2.05, 4.69) is 0 Å². The number of hydrogen-bond donors (Lipinski definition) is 0. The summed E-state index contributed by atoms with van der Waals surface area (Å²) in [6, 6.07) is 17.1. The van der Waals surface area contributed by atoms with Crippen LogP contribution in [-0.4, -0.2) is 34.8 Å². The fourth-order valence-electron chi connectivity index (χ4n) is 3.15. The largest absolute Gasteiger partial charge is 0.297 e. The van der Waals surface area contributed by atoms with E-state index >= 15 is 0 Å². The fourth-order valence-corrected chi connectivity index (χ4v) is 4.28. The number of fused-ring (bicyclic) bond motifs is 1. The summed E-state index contributed by atoms with van der Waals surface area (Å²) in [5.41, 5.74) is 1.19. The molecule has 0 radical (unpaired) electrons. The van der Waals surface area contributed by atoms with Gasteiger partial charge in [0.15, 0.2) is 0 Å². The highest BCUT2D eigenvalue weighted by Crippen LogP contribution is 2.38. The lowest BCUT2D eigenvalue weighted by molar-refractivity contribution is -0.123. The molecule has 2 aliphatic rings. The molecular weight excluding hydrogens is 324 g/mol. The number of thioether (sulfide) groups is 1. The second-order valence-corrected chi connectivity index (χ2v) is 6.75. The van der Waals surface area contributed by atoms with Crippen molar-refractivity contribution < 1.29 is 14.4 Å². The van der Waals surface area contributed by atoms with Crippen molar-refractivity contribution in [2.75, 3.05) is 15.6 Å². The van der Waals surface area contributed by atoms with Crippen LogP contribution in [-0.2, 0) is 14.4 Å². The first-order chi connectivity index (χ1) is 11.7. The van der Waals surface area contributed by atoms with Crippen molar-refractivity contribution in [1.82, 2.24) is 0 Å². The lowest BCUT2D eigenvalue weighted by Gasteiger charge is -2.34. The van der Waals surface area contributed by atoms with E-state index in [1.165, 1.54) is 21.6 Å². The molecule has 4 rings (SSSR count). The topological polar surface area (TPSA) is 57.7 Å². The first kappa shape index (κ1) is 15.0. The number of anilines is 2. The zero-order valence-electron chi connectivity index (χ0n) is 12.7. The molecule has 0 aromatic heterocycles. The van der Waals surface area contributed by atoms with Crippen molar-refractivity contribution in [3.63, 3.8) is 0 Å². The number of carbonyl (C=O) groups excluding carboxylic acids is 3. The van der Waals surface area contributed by atoms with Crippen molar-refractivity contribution in [2.45, 2.75) is 11.3 Å². The lowest BCUT2D eigenvalue weighted by atomic mass is 10.1. The van der Waals surface area contributed by atoms with Crippen LogP contribution in [0.3, 0.4) is 0 Å². The molecule has 2 heterocycles. The van der Waals surface area contributed by atoms with Gasteiger partial charge in [0.25, 0.3) is 5.91 Å². The molecular formula is C18H14N2O3S. The highest BCUT2D eigenvalue weighted by molar-refractivity contribution is 8.01. The van der Waals surface area contributed by atoms with E-state index in [-0.39, 0.29) is 23.5 Å². The highest BCUT2D eigenvalue weighted by atomic mass is 32.2. The molecule has 2 saturated heterocycles. The molecule has 0 unspecified atom stereocenters. The molecule has 2 aromatic carbocycles. The van der Waals surface area contributed by atoms with Crippen LogP contribution in [0.5, 0.6) is 0 Å². The van der Waals surface area contributed by atoms with Gasteiger partial charge in [-0.15, -0.1) is 11.8 Å². The van der Waals surface area contributed by atoms with Crippen LogP contribution in [0.25, 0.3) is 0 Å². The summed E-state index contributed by atoms with van der Waals surface area (Å²) >= 11 is 1.25. The number of amides is 3. The molecule has 3 amide bonds. The van der Waals surface area contributed by atoms with Crippen LogP contribution in [0.4, 0.5) is 11.4 Å². The van der Waals surface area contributed by atoms with E-state index < -0.39 is 11.3 Å². The van der Waals surface area contributed by atoms with Gasteiger partial charge in [-0.3, -0.25) is 19.3 Å². The van der Waals surface area contributed by atoms with Crippen molar-refractivity contribution in [3.05, 3.63) is 60.7 Å². The molecule has 2 aromatic rings. The molecule has 24 heavy (non-hydrogen) atoms. The summed E-state index contributed by atoms with van der Waals surface area (Å²) in [7, 11) is 0. The molecule has 2 atom stereocenters. The highest BCUT2D eigenvalue weighted by Gasteiger charge is 2.55. The second kappa shape index (κ2) is 5.79. The Labute approximate surface area is 143 Å². The summed E-state index contributed by atoms with van der Waals surface area (Å²) in [6.45, 7) is 0. The molecule has 2 aliphatic heterocycles. The van der Waals surface area contributed by atoms with Crippen molar-refractivity contribution in [2.24, 2.45) is 0 Å². The van der Waals surface area contributed by atoms with Crippen molar-refractivity contribution in [1.29, 1.82) is 0 Å². The van der Waals surface area contributed by atoms with Gasteiger partial charge in [0.05, 0.1) is 11.4 Å². The molecule has 0 saturated carbocycles. The van der Waals surface area contributed by atoms with E-state index in [0.29, 0.717) is 11.4 Å². The fraction of sp³-hybridized carbons (Fsp3) is 0.167. The maximum atomic E-state index is 13.0. The Morgan fingerprint density at radius 1 is 0.792 bits per heavy atom. The molecule has 0 spiro atoms. The van der Waals surface area contributed by atoms with Crippen LogP contribution < -0.4 is 9.80 Å². The summed E-state index contributed by atoms with van der Waals surface area (Å²) in [5.74, 6) is -0.559.